The lowest BCUT2D eigenvalue weighted by Gasteiger charge is -2.30. The van der Waals surface area contributed by atoms with Crippen LogP contribution in [0.15, 0.2) is 0 Å². The lowest BCUT2D eigenvalue weighted by molar-refractivity contribution is -0.145. The van der Waals surface area contributed by atoms with E-state index in [-0.39, 0.29) is 11.5 Å². The van der Waals surface area contributed by atoms with Crippen LogP contribution in [0.5, 0.6) is 0 Å². The van der Waals surface area contributed by atoms with Gasteiger partial charge in [0, 0.05) is 5.54 Å². The van der Waals surface area contributed by atoms with Crippen molar-refractivity contribution < 1.29 is 9.53 Å². The van der Waals surface area contributed by atoms with Gasteiger partial charge in [0.2, 0.25) is 0 Å². The van der Waals surface area contributed by atoms with E-state index in [1.807, 2.05) is 6.92 Å². The molecule has 3 nitrogen and oxygen atoms in total. The Morgan fingerprint density at radius 3 is 2.69 bits per heavy atom. The average molecular weight is 185 g/mol. The van der Waals surface area contributed by atoms with Crippen molar-refractivity contribution in [2.75, 3.05) is 19.7 Å². The highest BCUT2D eigenvalue weighted by Gasteiger charge is 2.33. The molecular weight excluding hydrogens is 166 g/mol. The van der Waals surface area contributed by atoms with E-state index in [0.717, 1.165) is 6.54 Å². The molecule has 1 aliphatic heterocycles. The van der Waals surface area contributed by atoms with E-state index in [0.29, 0.717) is 13.2 Å². The largest absolute Gasteiger partial charge is 0.465 e. The zero-order chi connectivity index (χ0) is 9.90. The predicted molar refractivity (Wildman–Crippen MR) is 51.5 cm³/mol. The van der Waals surface area contributed by atoms with E-state index in [9.17, 15) is 4.79 Å². The Kier molecular flexibility index (Phi) is 3.31. The van der Waals surface area contributed by atoms with E-state index in [1.165, 1.54) is 12.8 Å². The number of likely N-dealkylation sites (tertiary alicyclic amines) is 1. The summed E-state index contributed by atoms with van der Waals surface area (Å²) in [6.45, 7) is 8.14. The Hall–Kier alpha value is -0.570. The van der Waals surface area contributed by atoms with E-state index in [1.54, 1.807) is 0 Å². The number of esters is 1. The topological polar surface area (TPSA) is 29.5 Å². The maximum Gasteiger partial charge on any atom is 0.320 e. The fraction of sp³-hybridized carbons (Fsp3) is 0.900. The summed E-state index contributed by atoms with van der Waals surface area (Å²) in [5, 5.41) is 0. The summed E-state index contributed by atoms with van der Waals surface area (Å²) in [7, 11) is 0. The number of nitrogens with zero attached hydrogens (tertiary/aromatic N) is 1. The molecule has 0 radical (unpaired) electrons. The van der Waals surface area contributed by atoms with Gasteiger partial charge in [-0.05, 0) is 40.2 Å². The molecular formula is C10H19NO2. The molecule has 0 aromatic carbocycles. The molecule has 0 unspecified atom stereocenters. The van der Waals surface area contributed by atoms with Gasteiger partial charge in [-0.1, -0.05) is 0 Å². The summed E-state index contributed by atoms with van der Waals surface area (Å²) in [6.07, 6.45) is 2.36. The van der Waals surface area contributed by atoms with Gasteiger partial charge < -0.3 is 4.74 Å². The number of ether oxygens (including phenoxy) is 1. The summed E-state index contributed by atoms with van der Waals surface area (Å²) in [4.78, 5) is 13.4. The summed E-state index contributed by atoms with van der Waals surface area (Å²) < 4.78 is 4.92. The molecule has 0 aromatic rings. The van der Waals surface area contributed by atoms with E-state index in [2.05, 4.69) is 18.7 Å². The van der Waals surface area contributed by atoms with Crippen LogP contribution in [0.2, 0.25) is 0 Å². The number of hydrogen-bond donors (Lipinski definition) is 0. The van der Waals surface area contributed by atoms with Crippen LogP contribution in [0.4, 0.5) is 0 Å². The van der Waals surface area contributed by atoms with Gasteiger partial charge >= 0.3 is 5.97 Å². The minimum Gasteiger partial charge on any atom is -0.465 e. The second kappa shape index (κ2) is 4.09. The highest BCUT2D eigenvalue weighted by atomic mass is 16.5. The normalized spacial score (nSPS) is 21.8. The van der Waals surface area contributed by atoms with Crippen LogP contribution in [-0.2, 0) is 9.53 Å². The zero-order valence-electron chi connectivity index (χ0n) is 8.80. The summed E-state index contributed by atoms with van der Waals surface area (Å²) in [5.41, 5.74) is 0.173. The summed E-state index contributed by atoms with van der Waals surface area (Å²) in [6, 6.07) is 0. The number of carbonyl (C=O) groups is 1. The first kappa shape index (κ1) is 10.5. The van der Waals surface area contributed by atoms with E-state index in [4.69, 9.17) is 4.74 Å². The van der Waals surface area contributed by atoms with Gasteiger partial charge in [-0.2, -0.15) is 0 Å². The fourth-order valence-corrected chi connectivity index (χ4v) is 1.82. The van der Waals surface area contributed by atoms with Crippen LogP contribution in [0.25, 0.3) is 0 Å². The molecule has 1 fully saturated rings. The van der Waals surface area contributed by atoms with E-state index < -0.39 is 0 Å². The maximum atomic E-state index is 11.2. The van der Waals surface area contributed by atoms with Gasteiger partial charge in [0.15, 0.2) is 0 Å². The van der Waals surface area contributed by atoms with Gasteiger partial charge in [-0.3, -0.25) is 9.69 Å². The minimum atomic E-state index is -0.0996. The molecule has 0 atom stereocenters. The molecule has 1 rings (SSSR count). The van der Waals surface area contributed by atoms with Crippen molar-refractivity contribution >= 4 is 5.97 Å². The van der Waals surface area contributed by atoms with Crippen molar-refractivity contribution in [3.63, 3.8) is 0 Å². The third-order valence-electron chi connectivity index (χ3n) is 2.70. The quantitative estimate of drug-likeness (QED) is 0.623. The number of carbonyl (C=O) groups excluding carboxylic acids is 1. The van der Waals surface area contributed by atoms with Gasteiger partial charge in [0.1, 0.15) is 0 Å². The first-order valence-corrected chi connectivity index (χ1v) is 4.97. The average Bonchev–Trinajstić information content (AvgIpc) is 2.31. The second-order valence-corrected chi connectivity index (χ2v) is 4.14. The molecule has 0 N–H and O–H groups in total. The van der Waals surface area contributed by atoms with Crippen LogP contribution in [0, 0.1) is 0 Å². The summed E-state index contributed by atoms with van der Waals surface area (Å²) >= 11 is 0. The third kappa shape index (κ3) is 2.69. The molecule has 0 aromatic heterocycles. The lowest BCUT2D eigenvalue weighted by Crippen LogP contribution is -2.41. The second-order valence-electron chi connectivity index (χ2n) is 4.14. The maximum absolute atomic E-state index is 11.2. The first-order valence-electron chi connectivity index (χ1n) is 4.97. The molecule has 3 heteroatoms. The smallest absolute Gasteiger partial charge is 0.320 e. The molecule has 0 aliphatic carbocycles. The fourth-order valence-electron chi connectivity index (χ4n) is 1.82. The Morgan fingerprint density at radius 2 is 2.23 bits per heavy atom. The van der Waals surface area contributed by atoms with Crippen molar-refractivity contribution in [2.24, 2.45) is 0 Å². The van der Waals surface area contributed by atoms with Gasteiger partial charge in [0.05, 0.1) is 13.2 Å². The van der Waals surface area contributed by atoms with Crippen molar-refractivity contribution in [1.82, 2.24) is 4.90 Å². The highest BCUT2D eigenvalue weighted by molar-refractivity contribution is 5.71. The van der Waals surface area contributed by atoms with Crippen molar-refractivity contribution in [1.29, 1.82) is 0 Å². The molecule has 0 spiro atoms. The number of hydrogen-bond acceptors (Lipinski definition) is 3. The Labute approximate surface area is 80.1 Å². The molecule has 0 saturated carbocycles. The monoisotopic (exact) mass is 185 g/mol. The Bertz CT molecular complexity index is 189. The van der Waals surface area contributed by atoms with Crippen molar-refractivity contribution in [2.45, 2.75) is 39.2 Å². The number of rotatable bonds is 3. The van der Waals surface area contributed by atoms with Crippen LogP contribution in [0.3, 0.4) is 0 Å². The van der Waals surface area contributed by atoms with Crippen molar-refractivity contribution in [3.8, 4) is 0 Å². The van der Waals surface area contributed by atoms with Crippen LogP contribution in [-0.4, -0.2) is 36.1 Å². The van der Waals surface area contributed by atoms with Gasteiger partial charge in [0.25, 0.3) is 0 Å². The first-order chi connectivity index (χ1) is 6.06. The predicted octanol–water partition coefficient (Wildman–Crippen LogP) is 1.42. The van der Waals surface area contributed by atoms with Crippen LogP contribution >= 0.6 is 0 Å². The zero-order valence-corrected chi connectivity index (χ0v) is 8.80. The molecule has 1 aliphatic rings. The molecule has 1 heterocycles. The standard InChI is InChI=1S/C10H19NO2/c1-4-13-9(12)8-11-7-5-6-10(11,2)3/h4-8H2,1-3H3. The SMILES string of the molecule is CCOC(=O)CN1CCCC1(C)C. The van der Waals surface area contributed by atoms with Crippen molar-refractivity contribution in [3.05, 3.63) is 0 Å². The molecule has 0 amide bonds. The summed E-state index contributed by atoms with van der Waals surface area (Å²) in [5.74, 6) is -0.0996. The van der Waals surface area contributed by atoms with Crippen LogP contribution < -0.4 is 0 Å². The minimum absolute atomic E-state index is 0.0996. The molecule has 1 saturated heterocycles. The lowest BCUT2D eigenvalue weighted by atomic mass is 10.0. The van der Waals surface area contributed by atoms with Gasteiger partial charge in [-0.15, -0.1) is 0 Å². The van der Waals surface area contributed by atoms with E-state index >= 15 is 0 Å². The molecule has 76 valence electrons. The molecule has 0 bridgehead atoms. The van der Waals surface area contributed by atoms with Gasteiger partial charge in [-0.25, -0.2) is 0 Å². The van der Waals surface area contributed by atoms with Crippen LogP contribution in [0.1, 0.15) is 33.6 Å². The third-order valence-corrected chi connectivity index (χ3v) is 2.70. The Morgan fingerprint density at radius 1 is 1.54 bits per heavy atom. The highest BCUT2D eigenvalue weighted by Crippen LogP contribution is 2.27. The molecule has 13 heavy (non-hydrogen) atoms. The Balaban J connectivity index is 2.40.